The number of carbonyl (C=O) groups is 2. The monoisotopic (exact) mass is 310 g/mol. The fraction of sp³-hybridized carbons (Fsp3) is 0.846. The highest BCUT2D eigenvalue weighted by Crippen LogP contribution is 2.31. The van der Waals surface area contributed by atoms with Crippen molar-refractivity contribution < 1.29 is 27.9 Å². The first-order chi connectivity index (χ1) is 9.51. The maximum Gasteiger partial charge on any atom is 0.408 e. The second kappa shape index (κ2) is 6.11. The van der Waals surface area contributed by atoms with E-state index in [1.807, 2.05) is 5.32 Å². The molecule has 1 aliphatic heterocycles. The van der Waals surface area contributed by atoms with Gasteiger partial charge in [0.1, 0.15) is 6.04 Å². The number of amides is 2. The number of rotatable bonds is 4. The van der Waals surface area contributed by atoms with E-state index in [-0.39, 0.29) is 25.9 Å². The first kappa shape index (κ1) is 17.6. The van der Waals surface area contributed by atoms with Crippen molar-refractivity contribution in [2.75, 3.05) is 13.1 Å². The summed E-state index contributed by atoms with van der Waals surface area (Å²) in [5.74, 6) is -1.80. The number of halogens is 3. The number of carboxylic acids is 1. The number of aliphatic carboxylic acids is 1. The molecule has 1 fully saturated rings. The van der Waals surface area contributed by atoms with E-state index in [2.05, 4.69) is 0 Å². The van der Waals surface area contributed by atoms with Gasteiger partial charge in [-0.15, -0.1) is 0 Å². The zero-order valence-electron chi connectivity index (χ0n) is 12.3. The number of hydrogen-bond acceptors (Lipinski definition) is 2. The molecule has 0 saturated carbocycles. The van der Waals surface area contributed by atoms with Gasteiger partial charge in [-0.1, -0.05) is 20.3 Å². The molecule has 21 heavy (non-hydrogen) atoms. The second-order valence-electron chi connectivity index (χ2n) is 5.89. The first-order valence-electron chi connectivity index (χ1n) is 6.87. The van der Waals surface area contributed by atoms with Crippen LogP contribution in [-0.4, -0.2) is 47.3 Å². The Morgan fingerprint density at radius 3 is 2.38 bits per heavy atom. The van der Waals surface area contributed by atoms with Crippen LogP contribution in [0, 0.1) is 11.3 Å². The van der Waals surface area contributed by atoms with Crippen LogP contribution in [0.5, 0.6) is 0 Å². The van der Waals surface area contributed by atoms with Crippen LogP contribution in [0.1, 0.15) is 33.6 Å². The van der Waals surface area contributed by atoms with E-state index in [0.29, 0.717) is 0 Å². The smallest absolute Gasteiger partial charge is 0.408 e. The molecule has 0 aromatic carbocycles. The molecular formula is C13H21F3N2O3. The average molecular weight is 310 g/mol. The van der Waals surface area contributed by atoms with Gasteiger partial charge in [0.2, 0.25) is 0 Å². The van der Waals surface area contributed by atoms with Crippen LogP contribution in [0.2, 0.25) is 0 Å². The summed E-state index contributed by atoms with van der Waals surface area (Å²) in [6.45, 7) is 4.58. The number of carboxylic acid groups (broad SMARTS) is 1. The van der Waals surface area contributed by atoms with Gasteiger partial charge in [0, 0.05) is 13.1 Å². The van der Waals surface area contributed by atoms with Crippen molar-refractivity contribution in [3.05, 3.63) is 0 Å². The van der Waals surface area contributed by atoms with Crippen molar-refractivity contribution in [2.45, 2.75) is 45.8 Å². The fourth-order valence-corrected chi connectivity index (χ4v) is 2.32. The number of nitrogens with one attached hydrogen (secondary N) is 1. The Bertz CT molecular complexity index is 414. The standard InChI is InChI=1S/C13H21F3N2O3/c1-4-8(2)9(13(14,15)16)17-11(21)18-6-5-12(3,7-18)10(19)20/h8-9H,4-7H2,1-3H3,(H,17,21)(H,19,20). The summed E-state index contributed by atoms with van der Waals surface area (Å²) in [6, 6.07) is -2.78. The van der Waals surface area contributed by atoms with E-state index in [9.17, 15) is 22.8 Å². The van der Waals surface area contributed by atoms with Crippen molar-refractivity contribution in [1.82, 2.24) is 10.2 Å². The molecule has 1 heterocycles. The van der Waals surface area contributed by atoms with E-state index < -0.39 is 35.6 Å². The van der Waals surface area contributed by atoms with Gasteiger partial charge in [0.15, 0.2) is 0 Å². The number of carbonyl (C=O) groups excluding carboxylic acids is 1. The molecule has 0 aromatic heterocycles. The lowest BCUT2D eigenvalue weighted by atomic mass is 9.90. The van der Waals surface area contributed by atoms with E-state index in [1.54, 1.807) is 6.92 Å². The molecule has 0 aliphatic carbocycles. The number of hydrogen-bond donors (Lipinski definition) is 2. The van der Waals surface area contributed by atoms with Crippen molar-refractivity contribution in [2.24, 2.45) is 11.3 Å². The summed E-state index contributed by atoms with van der Waals surface area (Å²) in [7, 11) is 0. The lowest BCUT2D eigenvalue weighted by Gasteiger charge is -2.29. The summed E-state index contributed by atoms with van der Waals surface area (Å²) in [4.78, 5) is 24.2. The summed E-state index contributed by atoms with van der Waals surface area (Å²) in [5.41, 5.74) is -1.10. The number of alkyl halides is 3. The highest BCUT2D eigenvalue weighted by atomic mass is 19.4. The zero-order chi connectivity index (χ0) is 16.4. The molecule has 0 aromatic rings. The Labute approximate surface area is 121 Å². The molecule has 5 nitrogen and oxygen atoms in total. The van der Waals surface area contributed by atoms with E-state index >= 15 is 0 Å². The van der Waals surface area contributed by atoms with Crippen molar-refractivity contribution >= 4 is 12.0 Å². The molecular weight excluding hydrogens is 289 g/mol. The third-order valence-corrected chi connectivity index (χ3v) is 4.12. The third kappa shape index (κ3) is 4.01. The highest BCUT2D eigenvalue weighted by molar-refractivity contribution is 5.79. The molecule has 8 heteroatoms. The van der Waals surface area contributed by atoms with Crippen LogP contribution in [0.15, 0.2) is 0 Å². The van der Waals surface area contributed by atoms with Gasteiger partial charge in [-0.25, -0.2) is 4.79 Å². The minimum absolute atomic E-state index is 0.0841. The SMILES string of the molecule is CCC(C)C(NC(=O)N1CCC(C)(C(=O)O)C1)C(F)(F)F. The fourth-order valence-electron chi connectivity index (χ4n) is 2.32. The Morgan fingerprint density at radius 2 is 2.00 bits per heavy atom. The van der Waals surface area contributed by atoms with E-state index in [4.69, 9.17) is 5.11 Å². The summed E-state index contributed by atoms with van der Waals surface area (Å²) in [6.07, 6.45) is -4.02. The van der Waals surface area contributed by atoms with Crippen LogP contribution in [0.3, 0.4) is 0 Å². The van der Waals surface area contributed by atoms with Gasteiger partial charge in [0.05, 0.1) is 5.41 Å². The second-order valence-corrected chi connectivity index (χ2v) is 5.89. The molecule has 122 valence electrons. The minimum Gasteiger partial charge on any atom is -0.481 e. The molecule has 2 amide bonds. The predicted molar refractivity (Wildman–Crippen MR) is 69.8 cm³/mol. The minimum atomic E-state index is -4.53. The van der Waals surface area contributed by atoms with Crippen molar-refractivity contribution in [3.8, 4) is 0 Å². The van der Waals surface area contributed by atoms with Crippen LogP contribution in [0.4, 0.5) is 18.0 Å². The molecule has 3 unspecified atom stereocenters. The molecule has 0 radical (unpaired) electrons. The molecule has 0 bridgehead atoms. The van der Waals surface area contributed by atoms with Gasteiger partial charge in [-0.3, -0.25) is 4.79 Å². The van der Waals surface area contributed by atoms with Crippen LogP contribution < -0.4 is 5.32 Å². The molecule has 1 rings (SSSR count). The zero-order valence-corrected chi connectivity index (χ0v) is 12.3. The van der Waals surface area contributed by atoms with E-state index in [0.717, 1.165) is 4.90 Å². The number of urea groups is 1. The van der Waals surface area contributed by atoms with Crippen molar-refractivity contribution in [1.29, 1.82) is 0 Å². The Morgan fingerprint density at radius 1 is 1.43 bits per heavy atom. The van der Waals surface area contributed by atoms with E-state index in [1.165, 1.54) is 13.8 Å². The maximum absolute atomic E-state index is 13.0. The van der Waals surface area contributed by atoms with Gasteiger partial charge in [-0.05, 0) is 19.3 Å². The van der Waals surface area contributed by atoms with Crippen LogP contribution >= 0.6 is 0 Å². The van der Waals surface area contributed by atoms with Gasteiger partial charge in [-0.2, -0.15) is 13.2 Å². The predicted octanol–water partition coefficient (Wildman–Crippen LogP) is 2.47. The highest BCUT2D eigenvalue weighted by Gasteiger charge is 2.46. The number of likely N-dealkylation sites (tertiary alicyclic amines) is 1. The normalized spacial score (nSPS) is 25.5. The van der Waals surface area contributed by atoms with Gasteiger partial charge >= 0.3 is 18.2 Å². The topological polar surface area (TPSA) is 69.6 Å². The van der Waals surface area contributed by atoms with Crippen LogP contribution in [-0.2, 0) is 4.79 Å². The Balaban J connectivity index is 2.74. The summed E-state index contributed by atoms with van der Waals surface area (Å²) in [5, 5.41) is 11.1. The molecule has 2 N–H and O–H groups in total. The lowest BCUT2D eigenvalue weighted by Crippen LogP contribution is -2.53. The third-order valence-electron chi connectivity index (χ3n) is 4.12. The quantitative estimate of drug-likeness (QED) is 0.838. The largest absolute Gasteiger partial charge is 0.481 e. The average Bonchev–Trinajstić information content (AvgIpc) is 2.77. The Hall–Kier alpha value is -1.47. The van der Waals surface area contributed by atoms with Crippen molar-refractivity contribution in [3.63, 3.8) is 0 Å². The molecule has 0 spiro atoms. The number of nitrogens with zero attached hydrogens (tertiary/aromatic N) is 1. The first-order valence-corrected chi connectivity index (χ1v) is 6.87. The lowest BCUT2D eigenvalue weighted by molar-refractivity contribution is -0.164. The van der Waals surface area contributed by atoms with Gasteiger partial charge in [0.25, 0.3) is 0 Å². The molecule has 3 atom stereocenters. The maximum atomic E-state index is 13.0. The Kier molecular flexibility index (Phi) is 5.11. The molecule has 1 aliphatic rings. The van der Waals surface area contributed by atoms with Gasteiger partial charge < -0.3 is 15.3 Å². The van der Waals surface area contributed by atoms with Crippen LogP contribution in [0.25, 0.3) is 0 Å². The summed E-state index contributed by atoms with van der Waals surface area (Å²) >= 11 is 0. The molecule has 1 saturated heterocycles. The summed E-state index contributed by atoms with van der Waals surface area (Å²) < 4.78 is 38.9.